The fourth-order valence-electron chi connectivity index (χ4n) is 4.38. The van der Waals surface area contributed by atoms with E-state index < -0.39 is 0 Å². The Morgan fingerprint density at radius 3 is 2.53 bits per heavy atom. The van der Waals surface area contributed by atoms with Crippen molar-refractivity contribution in [1.29, 1.82) is 0 Å². The van der Waals surface area contributed by atoms with Crippen LogP contribution in [0.25, 0.3) is 0 Å². The molecule has 1 aromatic heterocycles. The van der Waals surface area contributed by atoms with Crippen molar-refractivity contribution in [2.45, 2.75) is 25.4 Å². The topological polar surface area (TPSA) is 66.5 Å². The number of carbonyl (C=O) groups excluding carboxylic acids is 1. The molecule has 1 fully saturated rings. The Labute approximate surface area is 210 Å². The van der Waals surface area contributed by atoms with E-state index in [1.807, 2.05) is 24.4 Å². The molecule has 3 aromatic rings. The minimum Gasteiger partial charge on any atom is -0.497 e. The highest BCUT2D eigenvalue weighted by Crippen LogP contribution is 2.25. The Kier molecular flexibility index (Phi) is 8.27. The van der Waals surface area contributed by atoms with Gasteiger partial charge in [0, 0.05) is 48.8 Å². The molecule has 2 aromatic carbocycles. The molecule has 0 saturated carbocycles. The predicted molar refractivity (Wildman–Crippen MR) is 137 cm³/mol. The van der Waals surface area contributed by atoms with Crippen LogP contribution in [0.1, 0.15) is 17.5 Å². The van der Waals surface area contributed by atoms with Gasteiger partial charge in [-0.2, -0.15) is 0 Å². The Bertz CT molecular complexity index is 1090. The third-order valence-electron chi connectivity index (χ3n) is 6.06. The molecule has 0 spiro atoms. The molecule has 0 aliphatic carbocycles. The number of nitrogens with zero attached hydrogens (tertiary/aromatic N) is 2. The van der Waals surface area contributed by atoms with Gasteiger partial charge < -0.3 is 15.4 Å². The fourth-order valence-corrected chi connectivity index (χ4v) is 4.70. The molecule has 1 saturated heterocycles. The van der Waals surface area contributed by atoms with Gasteiger partial charge in [0.25, 0.3) is 0 Å². The highest BCUT2D eigenvalue weighted by atomic mass is 35.5. The molecule has 2 N–H and O–H groups in total. The summed E-state index contributed by atoms with van der Waals surface area (Å²) in [5.41, 5.74) is 3.00. The number of carbonyl (C=O) groups is 1. The van der Waals surface area contributed by atoms with Crippen molar-refractivity contribution in [2.75, 3.05) is 25.5 Å². The standard InChI is InChI=1S/C26H28Cl2N4O2/c1-34-24-8-2-18(3-9-24)12-20-17-32(16-19-13-22(28)15-29-14-19)11-10-25(20)31-26(33)30-23-6-4-21(27)5-7-23/h2-9,13-15,20,25H,10-12,16-17H2,1H3,(H2,30,31,33). The van der Waals surface area contributed by atoms with Crippen LogP contribution in [-0.4, -0.2) is 42.2 Å². The zero-order chi connectivity index (χ0) is 23.9. The number of benzene rings is 2. The summed E-state index contributed by atoms with van der Waals surface area (Å²) >= 11 is 12.1. The summed E-state index contributed by atoms with van der Waals surface area (Å²) in [4.78, 5) is 19.4. The van der Waals surface area contributed by atoms with Crippen LogP contribution < -0.4 is 15.4 Å². The van der Waals surface area contributed by atoms with Gasteiger partial charge in [-0.15, -0.1) is 0 Å². The van der Waals surface area contributed by atoms with Gasteiger partial charge in [0.1, 0.15) is 5.75 Å². The van der Waals surface area contributed by atoms with Crippen molar-refractivity contribution in [3.63, 3.8) is 0 Å². The number of amides is 2. The SMILES string of the molecule is COc1ccc(CC2CN(Cc3cncc(Cl)c3)CCC2NC(=O)Nc2ccc(Cl)cc2)cc1. The number of likely N-dealkylation sites (tertiary alicyclic amines) is 1. The van der Waals surface area contributed by atoms with Gasteiger partial charge >= 0.3 is 6.03 Å². The Balaban J connectivity index is 1.44. The van der Waals surface area contributed by atoms with E-state index in [2.05, 4.69) is 32.7 Å². The molecule has 2 atom stereocenters. The zero-order valence-electron chi connectivity index (χ0n) is 19.0. The van der Waals surface area contributed by atoms with Crippen LogP contribution >= 0.6 is 23.2 Å². The maximum atomic E-state index is 12.7. The van der Waals surface area contributed by atoms with Crippen LogP contribution in [-0.2, 0) is 13.0 Å². The minimum absolute atomic E-state index is 0.0446. The minimum atomic E-state index is -0.209. The molecule has 0 radical (unpaired) electrons. The van der Waals surface area contributed by atoms with Crippen LogP contribution in [0.15, 0.2) is 67.0 Å². The van der Waals surface area contributed by atoms with Gasteiger partial charge in [0.2, 0.25) is 0 Å². The number of halogens is 2. The highest BCUT2D eigenvalue weighted by Gasteiger charge is 2.30. The monoisotopic (exact) mass is 498 g/mol. The summed E-state index contributed by atoms with van der Waals surface area (Å²) < 4.78 is 5.29. The molecular weight excluding hydrogens is 471 g/mol. The van der Waals surface area contributed by atoms with Crippen LogP contribution in [0.5, 0.6) is 5.75 Å². The maximum absolute atomic E-state index is 12.7. The van der Waals surface area contributed by atoms with Gasteiger partial charge in [0.05, 0.1) is 12.1 Å². The number of rotatable bonds is 7. The van der Waals surface area contributed by atoms with Crippen molar-refractivity contribution in [3.05, 3.63) is 88.2 Å². The van der Waals surface area contributed by atoms with Crippen molar-refractivity contribution >= 4 is 34.9 Å². The largest absolute Gasteiger partial charge is 0.497 e. The maximum Gasteiger partial charge on any atom is 0.319 e. The number of hydrogen-bond acceptors (Lipinski definition) is 4. The number of pyridine rings is 1. The number of anilines is 1. The average molecular weight is 499 g/mol. The number of methoxy groups -OCH3 is 1. The molecule has 6 nitrogen and oxygen atoms in total. The number of aromatic nitrogens is 1. The van der Waals surface area contributed by atoms with E-state index in [1.165, 1.54) is 5.56 Å². The molecule has 2 unspecified atom stereocenters. The first-order valence-electron chi connectivity index (χ1n) is 11.3. The molecule has 8 heteroatoms. The van der Waals surface area contributed by atoms with E-state index >= 15 is 0 Å². The van der Waals surface area contributed by atoms with E-state index in [4.69, 9.17) is 27.9 Å². The smallest absolute Gasteiger partial charge is 0.319 e. The number of piperidine rings is 1. The lowest BCUT2D eigenvalue weighted by Gasteiger charge is -2.39. The van der Waals surface area contributed by atoms with Gasteiger partial charge in [-0.1, -0.05) is 35.3 Å². The molecule has 2 heterocycles. The van der Waals surface area contributed by atoms with E-state index in [9.17, 15) is 4.79 Å². The van der Waals surface area contributed by atoms with E-state index in [1.54, 1.807) is 37.6 Å². The van der Waals surface area contributed by atoms with Gasteiger partial charge in [0.15, 0.2) is 0 Å². The quantitative estimate of drug-likeness (QED) is 0.441. The molecule has 178 valence electrons. The zero-order valence-corrected chi connectivity index (χ0v) is 20.5. The summed E-state index contributed by atoms with van der Waals surface area (Å²) in [7, 11) is 1.66. The molecule has 4 rings (SSSR count). The average Bonchev–Trinajstić information content (AvgIpc) is 2.83. The number of ether oxygens (including phenoxy) is 1. The lowest BCUT2D eigenvalue weighted by Crippen LogP contribution is -2.52. The molecule has 2 amide bonds. The van der Waals surface area contributed by atoms with Gasteiger partial charge in [-0.3, -0.25) is 9.88 Å². The number of urea groups is 1. The second-order valence-electron chi connectivity index (χ2n) is 8.56. The molecule has 0 bridgehead atoms. The first-order chi connectivity index (χ1) is 16.5. The molecule has 1 aliphatic rings. The van der Waals surface area contributed by atoms with Crippen molar-refractivity contribution in [1.82, 2.24) is 15.2 Å². The van der Waals surface area contributed by atoms with Crippen molar-refractivity contribution < 1.29 is 9.53 Å². The van der Waals surface area contributed by atoms with E-state index in [0.29, 0.717) is 15.7 Å². The van der Waals surface area contributed by atoms with E-state index in [-0.39, 0.29) is 18.0 Å². The summed E-state index contributed by atoms with van der Waals surface area (Å²) in [5.74, 6) is 1.07. The molecule has 1 aliphatic heterocycles. The van der Waals surface area contributed by atoms with Crippen molar-refractivity contribution in [3.8, 4) is 5.75 Å². The second-order valence-corrected chi connectivity index (χ2v) is 9.43. The van der Waals surface area contributed by atoms with Crippen molar-refractivity contribution in [2.24, 2.45) is 5.92 Å². The lowest BCUT2D eigenvalue weighted by atomic mass is 9.86. The Morgan fingerprint density at radius 1 is 1.06 bits per heavy atom. The third kappa shape index (κ3) is 6.86. The first-order valence-corrected chi connectivity index (χ1v) is 12.0. The second kappa shape index (κ2) is 11.6. The van der Waals surface area contributed by atoms with E-state index in [0.717, 1.165) is 43.8 Å². The first kappa shape index (κ1) is 24.3. The van der Waals surface area contributed by atoms with Gasteiger partial charge in [-0.25, -0.2) is 4.79 Å². The fraction of sp³-hybridized carbons (Fsp3) is 0.308. The van der Waals surface area contributed by atoms with Crippen LogP contribution in [0.4, 0.5) is 10.5 Å². The molecule has 34 heavy (non-hydrogen) atoms. The highest BCUT2D eigenvalue weighted by molar-refractivity contribution is 6.30. The Morgan fingerprint density at radius 2 is 1.82 bits per heavy atom. The summed E-state index contributed by atoms with van der Waals surface area (Å²) in [5, 5.41) is 7.39. The number of hydrogen-bond donors (Lipinski definition) is 2. The summed E-state index contributed by atoms with van der Waals surface area (Å²) in [6.07, 6.45) is 5.20. The van der Waals surface area contributed by atoms with Crippen LogP contribution in [0.2, 0.25) is 10.0 Å². The normalized spacial score (nSPS) is 18.3. The van der Waals surface area contributed by atoms with Crippen LogP contribution in [0, 0.1) is 5.92 Å². The van der Waals surface area contributed by atoms with Gasteiger partial charge in [-0.05, 0) is 72.4 Å². The summed E-state index contributed by atoms with van der Waals surface area (Å²) in [6, 6.07) is 17.0. The third-order valence-corrected chi connectivity index (χ3v) is 6.52. The lowest BCUT2D eigenvalue weighted by molar-refractivity contribution is 0.134. The Hall–Kier alpha value is -2.80. The molecular formula is C26H28Cl2N4O2. The summed E-state index contributed by atoms with van der Waals surface area (Å²) in [6.45, 7) is 2.50. The van der Waals surface area contributed by atoms with Crippen LogP contribution in [0.3, 0.4) is 0 Å². The number of nitrogens with one attached hydrogen (secondary N) is 2. The predicted octanol–water partition coefficient (Wildman–Crippen LogP) is 5.65.